The normalized spacial score (nSPS) is 11.0. The number of amides is 1. The summed E-state index contributed by atoms with van der Waals surface area (Å²) in [6, 6.07) is 13.4. The Bertz CT molecular complexity index is 1130. The van der Waals surface area contributed by atoms with Crippen molar-refractivity contribution < 1.29 is 19.0 Å². The zero-order valence-corrected chi connectivity index (χ0v) is 16.6. The Morgan fingerprint density at radius 1 is 1.00 bits per heavy atom. The van der Waals surface area contributed by atoms with Crippen molar-refractivity contribution in [3.63, 3.8) is 0 Å². The Balaban J connectivity index is 1.46. The third kappa shape index (κ3) is 3.47. The van der Waals surface area contributed by atoms with Crippen LogP contribution >= 0.6 is 0 Å². The van der Waals surface area contributed by atoms with Crippen molar-refractivity contribution in [1.29, 1.82) is 0 Å². The highest BCUT2D eigenvalue weighted by molar-refractivity contribution is 5.98. The fourth-order valence-corrected chi connectivity index (χ4v) is 3.53. The van der Waals surface area contributed by atoms with E-state index in [0.29, 0.717) is 30.3 Å². The molecule has 7 heteroatoms. The first-order valence-electron chi connectivity index (χ1n) is 9.29. The number of nitrogens with one attached hydrogen (secondary N) is 2. The second kappa shape index (κ2) is 7.79. The van der Waals surface area contributed by atoms with Crippen molar-refractivity contribution in [2.24, 2.45) is 0 Å². The number of benzene rings is 2. The van der Waals surface area contributed by atoms with Crippen molar-refractivity contribution >= 4 is 27.7 Å². The van der Waals surface area contributed by atoms with Gasteiger partial charge in [-0.2, -0.15) is 0 Å². The summed E-state index contributed by atoms with van der Waals surface area (Å²) >= 11 is 0. The van der Waals surface area contributed by atoms with E-state index in [1.165, 1.54) is 0 Å². The fraction of sp³-hybridized carbons (Fsp3) is 0.227. The molecule has 150 valence electrons. The molecule has 0 radical (unpaired) electrons. The first-order valence-corrected chi connectivity index (χ1v) is 9.29. The number of nitrogens with zero attached hydrogens (tertiary/aromatic N) is 1. The summed E-state index contributed by atoms with van der Waals surface area (Å²) < 4.78 is 18.1. The van der Waals surface area contributed by atoms with Crippen LogP contribution in [0.4, 0.5) is 0 Å². The summed E-state index contributed by atoms with van der Waals surface area (Å²) in [5, 5.41) is 4.90. The van der Waals surface area contributed by atoms with Crippen LogP contribution in [0.5, 0.6) is 17.2 Å². The zero-order valence-electron chi connectivity index (χ0n) is 16.6. The van der Waals surface area contributed by atoms with Gasteiger partial charge < -0.3 is 29.1 Å². The number of H-pyrrole nitrogens is 1. The standard InChI is InChI=1S/C22H23N3O4/c1-27-19-6-4-5-18-15(19)7-9-25(18)10-8-23-22(26)17-11-14-12-20(28-2)21(29-3)13-16(14)24-17/h4-7,9,11-13,24H,8,10H2,1-3H3,(H,23,26). The number of carbonyl (C=O) groups excluding carboxylic acids is 1. The van der Waals surface area contributed by atoms with Gasteiger partial charge in [0.25, 0.3) is 5.91 Å². The molecule has 0 unspecified atom stereocenters. The minimum Gasteiger partial charge on any atom is -0.496 e. The molecule has 0 bridgehead atoms. The van der Waals surface area contributed by atoms with E-state index in [-0.39, 0.29) is 5.91 Å². The lowest BCUT2D eigenvalue weighted by molar-refractivity contribution is 0.0948. The van der Waals surface area contributed by atoms with Gasteiger partial charge >= 0.3 is 0 Å². The third-order valence-electron chi connectivity index (χ3n) is 5.00. The van der Waals surface area contributed by atoms with Crippen molar-refractivity contribution in [2.75, 3.05) is 27.9 Å². The predicted octanol–water partition coefficient (Wildman–Crippen LogP) is 3.58. The lowest BCUT2D eigenvalue weighted by Crippen LogP contribution is -2.27. The van der Waals surface area contributed by atoms with Crippen LogP contribution in [0.15, 0.2) is 48.7 Å². The number of rotatable bonds is 7. The molecule has 2 aromatic carbocycles. The van der Waals surface area contributed by atoms with Gasteiger partial charge in [-0.15, -0.1) is 0 Å². The van der Waals surface area contributed by atoms with Crippen molar-refractivity contribution in [3.05, 3.63) is 54.4 Å². The first-order chi connectivity index (χ1) is 14.1. The van der Waals surface area contributed by atoms with Gasteiger partial charge in [-0.3, -0.25) is 4.79 Å². The number of methoxy groups -OCH3 is 3. The predicted molar refractivity (Wildman–Crippen MR) is 112 cm³/mol. The van der Waals surface area contributed by atoms with E-state index in [1.807, 2.05) is 48.7 Å². The van der Waals surface area contributed by atoms with Gasteiger partial charge in [-0.05, 0) is 30.3 Å². The summed E-state index contributed by atoms with van der Waals surface area (Å²) in [6.07, 6.45) is 2.00. The van der Waals surface area contributed by atoms with Crippen LogP contribution in [0.2, 0.25) is 0 Å². The molecule has 2 N–H and O–H groups in total. The number of aromatic nitrogens is 2. The monoisotopic (exact) mass is 393 g/mol. The maximum Gasteiger partial charge on any atom is 0.267 e. The molecular formula is C22H23N3O4. The zero-order chi connectivity index (χ0) is 20.4. The van der Waals surface area contributed by atoms with E-state index in [9.17, 15) is 4.79 Å². The Morgan fingerprint density at radius 2 is 1.76 bits per heavy atom. The van der Waals surface area contributed by atoms with E-state index >= 15 is 0 Å². The van der Waals surface area contributed by atoms with Gasteiger partial charge in [0.1, 0.15) is 11.4 Å². The Kier molecular flexibility index (Phi) is 5.03. The molecule has 4 rings (SSSR count). The first kappa shape index (κ1) is 18.7. The van der Waals surface area contributed by atoms with Crippen LogP contribution < -0.4 is 19.5 Å². The lowest BCUT2D eigenvalue weighted by Gasteiger charge is -2.08. The average molecular weight is 393 g/mol. The van der Waals surface area contributed by atoms with Crippen LogP contribution in [0, 0.1) is 0 Å². The number of fused-ring (bicyclic) bond motifs is 2. The van der Waals surface area contributed by atoms with E-state index in [4.69, 9.17) is 14.2 Å². The largest absolute Gasteiger partial charge is 0.496 e. The highest BCUT2D eigenvalue weighted by Crippen LogP contribution is 2.32. The highest BCUT2D eigenvalue weighted by Gasteiger charge is 2.13. The van der Waals surface area contributed by atoms with E-state index < -0.39 is 0 Å². The number of hydrogen-bond donors (Lipinski definition) is 2. The summed E-state index contributed by atoms with van der Waals surface area (Å²) in [4.78, 5) is 15.7. The van der Waals surface area contributed by atoms with Crippen LogP contribution in [0.25, 0.3) is 21.8 Å². The van der Waals surface area contributed by atoms with E-state index in [1.54, 1.807) is 21.3 Å². The van der Waals surface area contributed by atoms with Crippen LogP contribution in [0.3, 0.4) is 0 Å². The number of ether oxygens (including phenoxy) is 3. The van der Waals surface area contributed by atoms with Crippen LogP contribution in [-0.2, 0) is 6.54 Å². The summed E-state index contributed by atoms with van der Waals surface area (Å²) in [5.41, 5.74) is 2.38. The minimum atomic E-state index is -0.159. The van der Waals surface area contributed by atoms with E-state index in [2.05, 4.69) is 14.9 Å². The van der Waals surface area contributed by atoms with Gasteiger partial charge in [0, 0.05) is 41.6 Å². The number of aromatic amines is 1. The molecule has 0 atom stereocenters. The maximum absolute atomic E-state index is 12.6. The van der Waals surface area contributed by atoms with Crippen molar-refractivity contribution in [1.82, 2.24) is 14.9 Å². The molecule has 0 spiro atoms. The van der Waals surface area contributed by atoms with Gasteiger partial charge in [0.05, 0.1) is 26.8 Å². The molecule has 0 aliphatic rings. The van der Waals surface area contributed by atoms with E-state index in [0.717, 1.165) is 27.6 Å². The fourth-order valence-electron chi connectivity index (χ4n) is 3.53. The molecule has 0 fully saturated rings. The molecule has 0 aliphatic heterocycles. The topological polar surface area (TPSA) is 77.5 Å². The molecule has 29 heavy (non-hydrogen) atoms. The number of carbonyl (C=O) groups is 1. The van der Waals surface area contributed by atoms with Crippen molar-refractivity contribution in [2.45, 2.75) is 6.54 Å². The third-order valence-corrected chi connectivity index (χ3v) is 5.00. The molecule has 2 heterocycles. The molecule has 7 nitrogen and oxygen atoms in total. The molecule has 4 aromatic rings. The quantitative estimate of drug-likeness (QED) is 0.503. The molecule has 0 saturated carbocycles. The van der Waals surface area contributed by atoms with Gasteiger partial charge in [-0.25, -0.2) is 0 Å². The molecule has 2 aromatic heterocycles. The average Bonchev–Trinajstić information content (AvgIpc) is 3.36. The molecule has 0 aliphatic carbocycles. The highest BCUT2D eigenvalue weighted by atomic mass is 16.5. The molecular weight excluding hydrogens is 370 g/mol. The lowest BCUT2D eigenvalue weighted by atomic mass is 10.2. The molecule has 0 saturated heterocycles. The Hall–Kier alpha value is -3.61. The molecule has 1 amide bonds. The summed E-state index contributed by atoms with van der Waals surface area (Å²) in [5.74, 6) is 1.92. The maximum atomic E-state index is 12.6. The van der Waals surface area contributed by atoms with Gasteiger partial charge in [-0.1, -0.05) is 6.07 Å². The van der Waals surface area contributed by atoms with Crippen LogP contribution in [-0.4, -0.2) is 43.3 Å². The Morgan fingerprint density at radius 3 is 2.52 bits per heavy atom. The second-order valence-electron chi connectivity index (χ2n) is 6.64. The Labute approximate surface area is 168 Å². The smallest absolute Gasteiger partial charge is 0.267 e. The number of hydrogen-bond acceptors (Lipinski definition) is 4. The SMILES string of the molecule is COc1cc2cc(C(=O)NCCn3ccc4c(OC)cccc43)[nH]c2cc1OC. The van der Waals surface area contributed by atoms with Crippen molar-refractivity contribution in [3.8, 4) is 17.2 Å². The van der Waals surface area contributed by atoms with Gasteiger partial charge in [0.15, 0.2) is 11.5 Å². The minimum absolute atomic E-state index is 0.159. The summed E-state index contributed by atoms with van der Waals surface area (Å²) in [6.45, 7) is 1.16. The second-order valence-corrected chi connectivity index (χ2v) is 6.64. The van der Waals surface area contributed by atoms with Gasteiger partial charge in [0.2, 0.25) is 0 Å². The van der Waals surface area contributed by atoms with Crippen LogP contribution in [0.1, 0.15) is 10.5 Å². The summed E-state index contributed by atoms with van der Waals surface area (Å²) in [7, 11) is 4.84.